The highest BCUT2D eigenvalue weighted by molar-refractivity contribution is 6.46. The van der Waals surface area contributed by atoms with Crippen molar-refractivity contribution in [2.45, 2.75) is 20.1 Å². The average Bonchev–Trinajstić information content (AvgIpc) is 3.23. The standard InChI is InChI=1S/C22H24Cl2N2O4.C20H19Cl2FN2O3/c1-4-28-22-20(29-13-12-26(2)27-3)11-8-15(25-22)14-30-19-7-5-6-17-16(19)9-10-18(23)21(17)24;1-25(26-2)10-11-27-18-9-6-13(24-20(18)23)12-28-17-5-3-4-15-14(17)7-8-16(21)19(15)22/h5-11H,4,12-14H2,1-3H3;3-9H,10-12H2,1-2H3. The lowest BCUT2D eigenvalue weighted by Gasteiger charge is -2.16. The molecule has 0 atom stereocenters. The number of rotatable bonds is 18. The number of halogens is 5. The first-order chi connectivity index (χ1) is 28.0. The minimum Gasteiger partial charge on any atom is -0.487 e. The van der Waals surface area contributed by atoms with Crippen LogP contribution in [0.1, 0.15) is 18.3 Å². The van der Waals surface area contributed by atoms with E-state index in [1.165, 1.54) is 6.07 Å². The summed E-state index contributed by atoms with van der Waals surface area (Å²) < 4.78 is 42.8. The molecule has 0 radical (unpaired) electrons. The van der Waals surface area contributed by atoms with Crippen molar-refractivity contribution in [2.75, 3.05) is 61.2 Å². The van der Waals surface area contributed by atoms with Crippen LogP contribution in [0.3, 0.4) is 0 Å². The molecule has 58 heavy (non-hydrogen) atoms. The smallest absolute Gasteiger partial charge is 0.257 e. The number of nitrogens with zero attached hydrogens (tertiary/aromatic N) is 4. The van der Waals surface area contributed by atoms with Gasteiger partial charge >= 0.3 is 0 Å². The van der Waals surface area contributed by atoms with Crippen molar-refractivity contribution in [1.29, 1.82) is 0 Å². The summed E-state index contributed by atoms with van der Waals surface area (Å²) in [5.41, 5.74) is 1.16. The van der Waals surface area contributed by atoms with Crippen LogP contribution in [0.5, 0.6) is 28.9 Å². The Bertz CT molecular complexity index is 2290. The van der Waals surface area contributed by atoms with Crippen LogP contribution in [-0.4, -0.2) is 81.3 Å². The van der Waals surface area contributed by atoms with Gasteiger partial charge < -0.3 is 33.4 Å². The third-order valence-electron chi connectivity index (χ3n) is 8.56. The maximum atomic E-state index is 14.2. The molecule has 6 rings (SSSR count). The number of fused-ring (bicyclic) bond motifs is 2. The molecule has 0 bridgehead atoms. The Kier molecular flexibility index (Phi) is 17.1. The Hall–Kier alpha value is -4.37. The lowest BCUT2D eigenvalue weighted by atomic mass is 10.1. The highest BCUT2D eigenvalue weighted by Gasteiger charge is 2.14. The van der Waals surface area contributed by atoms with Crippen molar-refractivity contribution in [3.05, 3.63) is 122 Å². The van der Waals surface area contributed by atoms with Crippen LogP contribution in [-0.2, 0) is 22.9 Å². The van der Waals surface area contributed by atoms with Gasteiger partial charge in [-0.15, -0.1) is 0 Å². The Labute approximate surface area is 356 Å². The largest absolute Gasteiger partial charge is 0.487 e. The molecule has 0 N–H and O–H groups in total. The maximum absolute atomic E-state index is 14.2. The third-order valence-corrected chi connectivity index (χ3v) is 10.2. The van der Waals surface area contributed by atoms with Gasteiger partial charge in [-0.1, -0.05) is 70.7 Å². The van der Waals surface area contributed by atoms with Crippen molar-refractivity contribution in [3.8, 4) is 28.9 Å². The van der Waals surface area contributed by atoms with Crippen molar-refractivity contribution < 1.29 is 37.7 Å². The van der Waals surface area contributed by atoms with Crippen LogP contribution in [0.25, 0.3) is 21.5 Å². The van der Waals surface area contributed by atoms with Crippen LogP contribution in [0.2, 0.25) is 20.1 Å². The first-order valence-electron chi connectivity index (χ1n) is 18.1. The second-order valence-electron chi connectivity index (χ2n) is 12.4. The molecule has 0 unspecified atom stereocenters. The molecule has 6 aromatic rings. The zero-order chi connectivity index (χ0) is 41.6. The number of hydroxylamine groups is 4. The van der Waals surface area contributed by atoms with Gasteiger partial charge in [-0.3, -0.25) is 0 Å². The quantitative estimate of drug-likeness (QED) is 0.0610. The summed E-state index contributed by atoms with van der Waals surface area (Å²) in [7, 11) is 6.75. The topological polar surface area (TPSA) is 96.9 Å². The zero-order valence-electron chi connectivity index (χ0n) is 32.6. The molecule has 0 aliphatic heterocycles. The number of hydrogen-bond donors (Lipinski definition) is 0. The molecular formula is C42H43Cl4FN4O7. The van der Waals surface area contributed by atoms with E-state index in [9.17, 15) is 4.39 Å². The molecule has 0 aliphatic carbocycles. The number of pyridine rings is 2. The van der Waals surface area contributed by atoms with E-state index in [4.69, 9.17) is 79.8 Å². The molecular weight excluding hydrogens is 833 g/mol. The minimum atomic E-state index is -0.686. The molecule has 2 heterocycles. The lowest BCUT2D eigenvalue weighted by molar-refractivity contribution is -0.113. The highest BCUT2D eigenvalue weighted by Crippen LogP contribution is 2.37. The van der Waals surface area contributed by atoms with E-state index >= 15 is 0 Å². The predicted molar refractivity (Wildman–Crippen MR) is 226 cm³/mol. The molecule has 0 aliphatic rings. The van der Waals surface area contributed by atoms with Gasteiger partial charge in [-0.05, 0) is 67.6 Å². The normalized spacial score (nSPS) is 11.2. The Morgan fingerprint density at radius 2 is 1.02 bits per heavy atom. The van der Waals surface area contributed by atoms with Gasteiger partial charge in [0.2, 0.25) is 0 Å². The van der Waals surface area contributed by atoms with Gasteiger partial charge in [0.05, 0.1) is 65.4 Å². The minimum absolute atomic E-state index is 0.0832. The van der Waals surface area contributed by atoms with E-state index in [2.05, 4.69) is 9.97 Å². The van der Waals surface area contributed by atoms with Crippen molar-refractivity contribution in [2.24, 2.45) is 0 Å². The van der Waals surface area contributed by atoms with Crippen LogP contribution in [0.4, 0.5) is 4.39 Å². The first kappa shape index (κ1) is 44.7. The summed E-state index contributed by atoms with van der Waals surface area (Å²) in [5, 5.41) is 8.56. The molecule has 0 spiro atoms. The van der Waals surface area contributed by atoms with Gasteiger partial charge in [-0.25, -0.2) is 9.97 Å². The molecule has 11 nitrogen and oxygen atoms in total. The Balaban J connectivity index is 0.000000221. The molecule has 0 saturated heterocycles. The van der Waals surface area contributed by atoms with Crippen LogP contribution < -0.4 is 23.7 Å². The zero-order valence-corrected chi connectivity index (χ0v) is 35.6. The molecule has 2 aromatic heterocycles. The van der Waals surface area contributed by atoms with Gasteiger partial charge in [-0.2, -0.15) is 14.5 Å². The van der Waals surface area contributed by atoms with Crippen molar-refractivity contribution in [1.82, 2.24) is 20.1 Å². The second kappa shape index (κ2) is 22.1. The lowest BCUT2D eigenvalue weighted by Crippen LogP contribution is -2.23. The van der Waals surface area contributed by atoms with E-state index in [0.29, 0.717) is 75.2 Å². The molecule has 0 saturated carbocycles. The van der Waals surface area contributed by atoms with E-state index < -0.39 is 5.95 Å². The SMILES string of the molecule is CCOc1nc(COc2cccc3c(Cl)c(Cl)ccc23)ccc1OCCN(C)OC.CON(C)CCOc1ccc(COc2cccc3c(Cl)c(Cl)ccc23)nc1F. The fourth-order valence-corrected chi connectivity index (χ4v) is 6.17. The number of hydrogen-bond acceptors (Lipinski definition) is 11. The van der Waals surface area contributed by atoms with Crippen molar-refractivity contribution >= 4 is 67.9 Å². The predicted octanol–water partition coefficient (Wildman–Crippen LogP) is 10.5. The maximum Gasteiger partial charge on any atom is 0.257 e. The monoisotopic (exact) mass is 874 g/mol. The number of likely N-dealkylation sites (N-methyl/N-ethyl adjacent to an activating group) is 2. The fraction of sp³-hybridized carbons (Fsp3) is 0.286. The molecule has 16 heteroatoms. The first-order valence-corrected chi connectivity index (χ1v) is 19.6. The number of ether oxygens (including phenoxy) is 5. The number of benzene rings is 4. The van der Waals surface area contributed by atoms with Crippen LogP contribution in [0.15, 0.2) is 84.9 Å². The van der Waals surface area contributed by atoms with E-state index in [1.807, 2.05) is 74.6 Å². The van der Waals surface area contributed by atoms with Crippen LogP contribution >= 0.6 is 46.4 Å². The summed E-state index contributed by atoms with van der Waals surface area (Å²) in [5.74, 6) is 1.73. The summed E-state index contributed by atoms with van der Waals surface area (Å²) in [6, 6.07) is 25.3. The van der Waals surface area contributed by atoms with E-state index in [0.717, 1.165) is 27.2 Å². The molecule has 0 amide bonds. The highest BCUT2D eigenvalue weighted by atomic mass is 35.5. The molecule has 308 valence electrons. The van der Waals surface area contributed by atoms with Gasteiger partial charge in [0.1, 0.15) is 37.9 Å². The second-order valence-corrected chi connectivity index (χ2v) is 14.0. The van der Waals surface area contributed by atoms with Gasteiger partial charge in [0, 0.05) is 35.6 Å². The summed E-state index contributed by atoms with van der Waals surface area (Å²) >= 11 is 24.7. The fourth-order valence-electron chi connectivity index (χ4n) is 5.38. The average molecular weight is 877 g/mol. The Morgan fingerprint density at radius 1 is 0.534 bits per heavy atom. The number of aromatic nitrogens is 2. The summed E-state index contributed by atoms with van der Waals surface area (Å²) in [6.07, 6.45) is 0. The van der Waals surface area contributed by atoms with E-state index in [1.54, 1.807) is 49.6 Å². The summed E-state index contributed by atoms with van der Waals surface area (Å²) in [6.45, 7) is 4.58. The van der Waals surface area contributed by atoms with Crippen LogP contribution in [0, 0.1) is 5.95 Å². The molecule has 4 aromatic carbocycles. The van der Waals surface area contributed by atoms with Gasteiger partial charge in [0.15, 0.2) is 11.5 Å². The summed E-state index contributed by atoms with van der Waals surface area (Å²) in [4.78, 5) is 18.5. The van der Waals surface area contributed by atoms with Crippen molar-refractivity contribution in [3.63, 3.8) is 0 Å². The van der Waals surface area contributed by atoms with E-state index in [-0.39, 0.29) is 25.6 Å². The van der Waals surface area contributed by atoms with Gasteiger partial charge in [0.25, 0.3) is 11.8 Å². The third kappa shape index (κ3) is 12.1. The Morgan fingerprint density at radius 3 is 1.50 bits per heavy atom. The molecule has 0 fully saturated rings.